The molecule has 0 aromatic heterocycles. The molecule has 0 saturated carbocycles. The van der Waals surface area contributed by atoms with Gasteiger partial charge < -0.3 is 10.2 Å². The topological polar surface area (TPSA) is 57.5 Å². The second kappa shape index (κ2) is 4.24. The van der Waals surface area contributed by atoms with Crippen LogP contribution in [0.3, 0.4) is 0 Å². The van der Waals surface area contributed by atoms with Crippen molar-refractivity contribution >= 4 is 5.97 Å². The van der Waals surface area contributed by atoms with Crippen molar-refractivity contribution in [3.63, 3.8) is 0 Å². The lowest BCUT2D eigenvalue weighted by Gasteiger charge is -2.24. The molecule has 0 heterocycles. The van der Waals surface area contributed by atoms with Gasteiger partial charge in [0.25, 0.3) is 0 Å². The molecule has 3 heteroatoms. The lowest BCUT2D eigenvalue weighted by atomic mass is 9.80. The predicted molar refractivity (Wildman–Crippen MR) is 53.1 cm³/mol. The molecule has 0 bridgehead atoms. The zero-order chi connectivity index (χ0) is 10.6. The first kappa shape index (κ1) is 10.7. The number of benzene rings is 1. The maximum absolute atomic E-state index is 11.1. The lowest BCUT2D eigenvalue weighted by Crippen LogP contribution is -2.33. The smallest absolute Gasteiger partial charge is 0.313 e. The van der Waals surface area contributed by atoms with Crippen molar-refractivity contribution in [1.29, 1.82) is 0 Å². The molecule has 3 nitrogen and oxygen atoms in total. The van der Waals surface area contributed by atoms with Gasteiger partial charge in [0.05, 0.1) is 5.41 Å². The van der Waals surface area contributed by atoms with Crippen LogP contribution in [0, 0.1) is 0 Å². The van der Waals surface area contributed by atoms with Crippen LogP contribution >= 0.6 is 0 Å². The normalized spacial score (nSPS) is 14.7. The minimum atomic E-state index is -0.990. The van der Waals surface area contributed by atoms with Crippen molar-refractivity contribution in [3.05, 3.63) is 35.9 Å². The molecule has 14 heavy (non-hydrogen) atoms. The molecule has 76 valence electrons. The Balaban J connectivity index is 3.06. The van der Waals surface area contributed by atoms with Gasteiger partial charge in [-0.15, -0.1) is 0 Å². The van der Waals surface area contributed by atoms with Crippen molar-refractivity contribution in [2.45, 2.75) is 18.8 Å². The Morgan fingerprint density at radius 1 is 1.36 bits per heavy atom. The number of hydrogen-bond donors (Lipinski definition) is 2. The molecule has 0 amide bonds. The van der Waals surface area contributed by atoms with Crippen LogP contribution in [0.4, 0.5) is 0 Å². The molecule has 0 aliphatic carbocycles. The number of carboxylic acid groups (broad SMARTS) is 1. The minimum absolute atomic E-state index is 0.127. The van der Waals surface area contributed by atoms with Crippen LogP contribution in [0.15, 0.2) is 30.3 Å². The van der Waals surface area contributed by atoms with E-state index >= 15 is 0 Å². The van der Waals surface area contributed by atoms with Crippen LogP contribution < -0.4 is 0 Å². The molecule has 1 aromatic carbocycles. The van der Waals surface area contributed by atoms with Gasteiger partial charge in [0, 0.05) is 6.61 Å². The lowest BCUT2D eigenvalue weighted by molar-refractivity contribution is -0.143. The van der Waals surface area contributed by atoms with Gasteiger partial charge in [-0.3, -0.25) is 4.79 Å². The monoisotopic (exact) mass is 194 g/mol. The zero-order valence-corrected chi connectivity index (χ0v) is 8.10. The number of carbonyl (C=O) groups is 1. The van der Waals surface area contributed by atoms with Gasteiger partial charge in [-0.1, -0.05) is 30.3 Å². The average molecular weight is 194 g/mol. The third kappa shape index (κ3) is 1.93. The van der Waals surface area contributed by atoms with Gasteiger partial charge in [0.1, 0.15) is 0 Å². The summed E-state index contributed by atoms with van der Waals surface area (Å²) in [4.78, 5) is 11.1. The van der Waals surface area contributed by atoms with Gasteiger partial charge in [0.2, 0.25) is 0 Å². The van der Waals surface area contributed by atoms with E-state index in [1.54, 1.807) is 31.2 Å². The SMILES string of the molecule is CC(CCO)(C(=O)O)c1ccccc1. The average Bonchev–Trinajstić information content (AvgIpc) is 2.19. The number of hydrogen-bond acceptors (Lipinski definition) is 2. The second-order valence-electron chi connectivity index (χ2n) is 3.48. The van der Waals surface area contributed by atoms with E-state index in [9.17, 15) is 4.79 Å². The Hall–Kier alpha value is -1.35. The quantitative estimate of drug-likeness (QED) is 0.762. The van der Waals surface area contributed by atoms with E-state index < -0.39 is 11.4 Å². The Kier molecular flexibility index (Phi) is 3.25. The number of aliphatic carboxylic acids is 1. The maximum atomic E-state index is 11.1. The summed E-state index contributed by atoms with van der Waals surface area (Å²) in [6.45, 7) is 1.50. The fourth-order valence-corrected chi connectivity index (χ4v) is 1.40. The molecule has 0 aliphatic rings. The summed E-state index contributed by atoms with van der Waals surface area (Å²) in [5.41, 5.74) is -0.266. The van der Waals surface area contributed by atoms with Crippen molar-refractivity contribution in [1.82, 2.24) is 0 Å². The van der Waals surface area contributed by atoms with Crippen molar-refractivity contribution in [2.75, 3.05) is 6.61 Å². The summed E-state index contributed by atoms with van der Waals surface area (Å²) in [5, 5.41) is 18.0. The highest BCUT2D eigenvalue weighted by Crippen LogP contribution is 2.27. The number of carboxylic acids is 1. The van der Waals surface area contributed by atoms with Crippen LogP contribution in [0.2, 0.25) is 0 Å². The van der Waals surface area contributed by atoms with E-state index in [1.165, 1.54) is 0 Å². The van der Waals surface area contributed by atoms with Crippen LogP contribution in [0.25, 0.3) is 0 Å². The van der Waals surface area contributed by atoms with Crippen molar-refractivity contribution < 1.29 is 15.0 Å². The number of aliphatic hydroxyl groups is 1. The summed E-state index contributed by atoms with van der Waals surface area (Å²) >= 11 is 0. The third-order valence-electron chi connectivity index (χ3n) is 2.49. The van der Waals surface area contributed by atoms with Gasteiger partial charge in [-0.2, -0.15) is 0 Å². The zero-order valence-electron chi connectivity index (χ0n) is 8.10. The summed E-state index contributed by atoms with van der Waals surface area (Å²) in [6, 6.07) is 8.97. The first-order valence-electron chi connectivity index (χ1n) is 4.51. The summed E-state index contributed by atoms with van der Waals surface area (Å²) in [7, 11) is 0. The molecular weight excluding hydrogens is 180 g/mol. The van der Waals surface area contributed by atoms with Crippen LogP contribution in [0.1, 0.15) is 18.9 Å². The van der Waals surface area contributed by atoms with Crippen molar-refractivity contribution in [2.24, 2.45) is 0 Å². The number of aliphatic hydroxyl groups excluding tert-OH is 1. The standard InChI is InChI=1S/C11H14O3/c1-11(7-8-12,10(13)14)9-5-3-2-4-6-9/h2-6,12H,7-8H2,1H3,(H,13,14). The minimum Gasteiger partial charge on any atom is -0.481 e. The Morgan fingerprint density at radius 2 is 1.93 bits per heavy atom. The first-order valence-corrected chi connectivity index (χ1v) is 4.51. The van der Waals surface area contributed by atoms with E-state index in [0.29, 0.717) is 0 Å². The predicted octanol–water partition coefficient (Wildman–Crippen LogP) is 1.41. The molecule has 1 atom stereocenters. The molecule has 1 aromatic rings. The molecular formula is C11H14O3. The largest absolute Gasteiger partial charge is 0.481 e. The van der Waals surface area contributed by atoms with Crippen LogP contribution in [0.5, 0.6) is 0 Å². The fourth-order valence-electron chi connectivity index (χ4n) is 1.40. The van der Waals surface area contributed by atoms with Gasteiger partial charge in [-0.05, 0) is 18.9 Å². The Labute approximate surface area is 83.0 Å². The Bertz CT molecular complexity index is 308. The van der Waals surface area contributed by atoms with Gasteiger partial charge in [-0.25, -0.2) is 0 Å². The highest BCUT2D eigenvalue weighted by molar-refractivity contribution is 5.80. The molecule has 1 rings (SSSR count). The summed E-state index contributed by atoms with van der Waals surface area (Å²) < 4.78 is 0. The molecule has 0 spiro atoms. The Morgan fingerprint density at radius 3 is 2.36 bits per heavy atom. The van der Waals surface area contributed by atoms with Crippen molar-refractivity contribution in [3.8, 4) is 0 Å². The summed E-state index contributed by atoms with van der Waals surface area (Å²) in [5.74, 6) is -0.905. The van der Waals surface area contributed by atoms with Crippen LogP contribution in [-0.4, -0.2) is 22.8 Å². The molecule has 0 radical (unpaired) electrons. The maximum Gasteiger partial charge on any atom is 0.313 e. The van der Waals surface area contributed by atoms with Gasteiger partial charge >= 0.3 is 5.97 Å². The molecule has 0 aliphatic heterocycles. The van der Waals surface area contributed by atoms with Crippen LogP contribution in [-0.2, 0) is 10.2 Å². The third-order valence-corrected chi connectivity index (χ3v) is 2.49. The van der Waals surface area contributed by atoms with E-state index in [1.807, 2.05) is 6.07 Å². The van der Waals surface area contributed by atoms with E-state index in [2.05, 4.69) is 0 Å². The highest BCUT2D eigenvalue weighted by Gasteiger charge is 2.34. The molecule has 1 unspecified atom stereocenters. The van der Waals surface area contributed by atoms with E-state index in [0.717, 1.165) is 5.56 Å². The van der Waals surface area contributed by atoms with E-state index in [-0.39, 0.29) is 13.0 Å². The number of rotatable bonds is 4. The second-order valence-corrected chi connectivity index (χ2v) is 3.48. The first-order chi connectivity index (χ1) is 6.61. The van der Waals surface area contributed by atoms with Gasteiger partial charge in [0.15, 0.2) is 0 Å². The highest BCUT2D eigenvalue weighted by atomic mass is 16.4. The van der Waals surface area contributed by atoms with E-state index in [4.69, 9.17) is 10.2 Å². The molecule has 2 N–H and O–H groups in total. The fraction of sp³-hybridized carbons (Fsp3) is 0.364. The molecule has 0 fully saturated rings. The molecule has 0 saturated heterocycles. The summed E-state index contributed by atoms with van der Waals surface area (Å²) in [6.07, 6.45) is 0.229.